The number of nitrogens with zero attached hydrogens (tertiary/aromatic N) is 1. The summed E-state index contributed by atoms with van der Waals surface area (Å²) in [5, 5.41) is 4.17. The van der Waals surface area contributed by atoms with Crippen molar-refractivity contribution in [1.82, 2.24) is 4.98 Å². The van der Waals surface area contributed by atoms with E-state index in [1.54, 1.807) is 0 Å². The van der Waals surface area contributed by atoms with Crippen molar-refractivity contribution in [2.45, 2.75) is 33.1 Å². The van der Waals surface area contributed by atoms with Gasteiger partial charge in [-0.1, -0.05) is 38.1 Å². The van der Waals surface area contributed by atoms with Crippen LogP contribution in [0.3, 0.4) is 0 Å². The van der Waals surface area contributed by atoms with Crippen molar-refractivity contribution in [3.63, 3.8) is 0 Å². The standard InChI is InChI=1S/C25H24N4O2S2/c1-12(2)11-14-8-9-16-20(26)21(33-24(16)28-14)23(31)29-25-19(22(27)30)18-15-6-4-3-5-13(15)7-10-17(18)32-25/h3-6,8-9,12H,7,10-11,26H2,1-2H3,(H2,27,30)(H,29,31). The van der Waals surface area contributed by atoms with Crippen LogP contribution in [0.5, 0.6) is 0 Å². The summed E-state index contributed by atoms with van der Waals surface area (Å²) >= 11 is 2.68. The lowest BCUT2D eigenvalue weighted by Gasteiger charge is -2.16. The van der Waals surface area contributed by atoms with Crippen LogP contribution < -0.4 is 16.8 Å². The molecule has 1 aliphatic rings. The number of nitrogen functional groups attached to an aromatic ring is 1. The Labute approximate surface area is 199 Å². The smallest absolute Gasteiger partial charge is 0.268 e. The number of carbonyl (C=O) groups excluding carboxylic acids is 2. The average molecular weight is 477 g/mol. The number of primary amides is 1. The molecule has 0 fully saturated rings. The minimum absolute atomic E-state index is 0.352. The van der Waals surface area contributed by atoms with E-state index in [2.05, 4.69) is 25.2 Å². The number of carbonyl (C=O) groups is 2. The molecule has 33 heavy (non-hydrogen) atoms. The van der Waals surface area contributed by atoms with E-state index in [4.69, 9.17) is 16.5 Å². The van der Waals surface area contributed by atoms with Gasteiger partial charge in [0.05, 0.1) is 11.3 Å². The number of hydrogen-bond donors (Lipinski definition) is 3. The molecule has 0 bridgehead atoms. The van der Waals surface area contributed by atoms with E-state index < -0.39 is 5.91 Å². The molecule has 0 aliphatic heterocycles. The van der Waals surface area contributed by atoms with E-state index in [9.17, 15) is 9.59 Å². The van der Waals surface area contributed by atoms with Crippen LogP contribution in [-0.4, -0.2) is 16.8 Å². The fourth-order valence-corrected chi connectivity index (χ4v) is 6.61. The van der Waals surface area contributed by atoms with Crippen LogP contribution in [0.2, 0.25) is 0 Å². The Kier molecular flexibility index (Phi) is 5.42. The number of pyridine rings is 1. The van der Waals surface area contributed by atoms with E-state index in [1.165, 1.54) is 28.2 Å². The molecule has 0 unspecified atom stereocenters. The highest BCUT2D eigenvalue weighted by molar-refractivity contribution is 7.21. The first kappa shape index (κ1) is 21.6. The summed E-state index contributed by atoms with van der Waals surface area (Å²) in [6, 6.07) is 11.9. The lowest BCUT2D eigenvalue weighted by atomic mass is 9.88. The molecule has 4 aromatic rings. The summed E-state index contributed by atoms with van der Waals surface area (Å²) in [5.41, 5.74) is 16.9. The van der Waals surface area contributed by atoms with Crippen molar-refractivity contribution in [3.8, 4) is 11.1 Å². The van der Waals surface area contributed by atoms with Gasteiger partial charge in [0.15, 0.2) is 0 Å². The average Bonchev–Trinajstić information content (AvgIpc) is 3.30. The third-order valence-corrected chi connectivity index (χ3v) is 8.12. The van der Waals surface area contributed by atoms with Crippen molar-refractivity contribution in [3.05, 3.63) is 63.0 Å². The van der Waals surface area contributed by atoms with E-state index in [1.807, 2.05) is 30.3 Å². The highest BCUT2D eigenvalue weighted by Crippen LogP contribution is 2.45. The molecule has 2 amide bonds. The molecule has 0 saturated heterocycles. The van der Waals surface area contributed by atoms with Crippen LogP contribution in [0, 0.1) is 5.92 Å². The Balaban J connectivity index is 1.52. The summed E-state index contributed by atoms with van der Waals surface area (Å²) in [6.45, 7) is 4.28. The molecule has 3 heterocycles. The Morgan fingerprint density at radius 3 is 2.67 bits per heavy atom. The third kappa shape index (κ3) is 3.79. The molecular weight excluding hydrogens is 452 g/mol. The summed E-state index contributed by atoms with van der Waals surface area (Å²) in [5.74, 6) is -0.420. The minimum atomic E-state index is -0.552. The van der Waals surface area contributed by atoms with Crippen LogP contribution in [-0.2, 0) is 19.3 Å². The van der Waals surface area contributed by atoms with Gasteiger partial charge in [-0.3, -0.25) is 9.59 Å². The van der Waals surface area contributed by atoms with Crippen molar-refractivity contribution in [2.75, 3.05) is 11.1 Å². The lowest BCUT2D eigenvalue weighted by molar-refractivity contribution is 0.100. The maximum absolute atomic E-state index is 13.2. The molecule has 0 spiro atoms. The SMILES string of the molecule is CC(C)Cc1ccc2c(N)c(C(=O)Nc3sc4c(c3C(N)=O)-c3ccccc3CC4)sc2n1. The Bertz CT molecular complexity index is 1420. The van der Waals surface area contributed by atoms with Gasteiger partial charge >= 0.3 is 0 Å². The van der Waals surface area contributed by atoms with Crippen LogP contribution in [0.25, 0.3) is 21.3 Å². The van der Waals surface area contributed by atoms with Gasteiger partial charge in [-0.2, -0.15) is 0 Å². The molecule has 0 atom stereocenters. The number of nitrogens with two attached hydrogens (primary N) is 2. The van der Waals surface area contributed by atoms with E-state index in [0.717, 1.165) is 51.2 Å². The summed E-state index contributed by atoms with van der Waals surface area (Å²) in [6.07, 6.45) is 2.56. The fraction of sp³-hybridized carbons (Fsp3) is 0.240. The molecule has 8 heteroatoms. The normalized spacial score (nSPS) is 12.6. The highest BCUT2D eigenvalue weighted by Gasteiger charge is 2.29. The molecule has 6 nitrogen and oxygen atoms in total. The van der Waals surface area contributed by atoms with Crippen molar-refractivity contribution in [1.29, 1.82) is 0 Å². The second-order valence-electron chi connectivity index (χ2n) is 8.68. The second-order valence-corrected chi connectivity index (χ2v) is 10.8. The summed E-state index contributed by atoms with van der Waals surface area (Å²) in [7, 11) is 0. The predicted octanol–water partition coefficient (Wildman–Crippen LogP) is 5.26. The Hall–Kier alpha value is -3.23. The number of fused-ring (bicyclic) bond motifs is 4. The maximum atomic E-state index is 13.2. The number of rotatable bonds is 5. The zero-order valence-corrected chi connectivity index (χ0v) is 20.0. The van der Waals surface area contributed by atoms with E-state index in [-0.39, 0.29) is 5.91 Å². The largest absolute Gasteiger partial charge is 0.397 e. The molecule has 0 radical (unpaired) electrons. The van der Waals surface area contributed by atoms with Crippen molar-refractivity contribution in [2.24, 2.45) is 11.7 Å². The van der Waals surface area contributed by atoms with Crippen LogP contribution in [0.15, 0.2) is 36.4 Å². The number of anilines is 2. The number of amides is 2. The first-order valence-electron chi connectivity index (χ1n) is 10.9. The maximum Gasteiger partial charge on any atom is 0.268 e. The molecule has 0 saturated carbocycles. The summed E-state index contributed by atoms with van der Waals surface area (Å²) < 4.78 is 0. The molecule has 1 aliphatic carbocycles. The van der Waals surface area contributed by atoms with Gasteiger partial charge in [0.2, 0.25) is 0 Å². The first-order valence-corrected chi connectivity index (χ1v) is 12.5. The minimum Gasteiger partial charge on any atom is -0.397 e. The molecule has 1 aromatic carbocycles. The van der Waals surface area contributed by atoms with Gasteiger partial charge in [-0.05, 0) is 48.4 Å². The fourth-order valence-electron chi connectivity index (χ4n) is 4.39. The molecule has 3 aromatic heterocycles. The number of nitrogens with one attached hydrogen (secondary N) is 1. The molecule has 5 N–H and O–H groups in total. The quantitative estimate of drug-likeness (QED) is 0.365. The number of benzene rings is 1. The molecular formula is C25H24N4O2S2. The predicted molar refractivity (Wildman–Crippen MR) is 136 cm³/mol. The van der Waals surface area contributed by atoms with Gasteiger partial charge in [0.25, 0.3) is 11.8 Å². The zero-order chi connectivity index (χ0) is 23.3. The van der Waals surface area contributed by atoms with Gasteiger partial charge in [0, 0.05) is 21.5 Å². The van der Waals surface area contributed by atoms with Crippen LogP contribution in [0.1, 0.15) is 50.0 Å². The lowest BCUT2D eigenvalue weighted by Crippen LogP contribution is -2.18. The van der Waals surface area contributed by atoms with Gasteiger partial charge in [0.1, 0.15) is 14.7 Å². The zero-order valence-electron chi connectivity index (χ0n) is 18.4. The molecule has 168 valence electrons. The van der Waals surface area contributed by atoms with Gasteiger partial charge < -0.3 is 16.8 Å². The first-order chi connectivity index (χ1) is 15.8. The number of aromatic nitrogens is 1. The van der Waals surface area contributed by atoms with Crippen LogP contribution in [0.4, 0.5) is 10.7 Å². The Morgan fingerprint density at radius 1 is 1.12 bits per heavy atom. The van der Waals surface area contributed by atoms with Gasteiger partial charge in [-0.25, -0.2) is 4.98 Å². The number of aryl methyl sites for hydroxylation is 2. The monoisotopic (exact) mass is 476 g/mol. The van der Waals surface area contributed by atoms with Crippen molar-refractivity contribution < 1.29 is 9.59 Å². The second kappa shape index (κ2) is 8.28. The summed E-state index contributed by atoms with van der Waals surface area (Å²) in [4.78, 5) is 32.6. The van der Waals surface area contributed by atoms with E-state index in [0.29, 0.717) is 27.0 Å². The molecule has 5 rings (SSSR count). The number of hydrogen-bond acceptors (Lipinski definition) is 6. The topological polar surface area (TPSA) is 111 Å². The number of thiophene rings is 2. The van der Waals surface area contributed by atoms with Gasteiger partial charge in [-0.15, -0.1) is 22.7 Å². The highest BCUT2D eigenvalue weighted by atomic mass is 32.1. The van der Waals surface area contributed by atoms with Crippen molar-refractivity contribution >= 4 is 55.4 Å². The van der Waals surface area contributed by atoms with E-state index >= 15 is 0 Å². The Morgan fingerprint density at radius 2 is 1.91 bits per heavy atom. The third-order valence-electron chi connectivity index (χ3n) is 5.84. The van der Waals surface area contributed by atoms with Crippen LogP contribution >= 0.6 is 22.7 Å².